The first-order chi connectivity index (χ1) is 13.2. The van der Waals surface area contributed by atoms with Crippen molar-refractivity contribution < 1.29 is 9.53 Å². The molecular formula is C19H27N5O2S. The maximum Gasteiger partial charge on any atom is 0.233 e. The van der Waals surface area contributed by atoms with E-state index in [0.717, 1.165) is 24.2 Å². The highest BCUT2D eigenvalue weighted by atomic mass is 32.2. The van der Waals surface area contributed by atoms with Crippen LogP contribution in [0, 0.1) is 0 Å². The molecule has 1 aromatic carbocycles. The average Bonchev–Trinajstić information content (AvgIpc) is 2.94. The molecule has 1 aromatic heterocycles. The van der Waals surface area contributed by atoms with Crippen molar-refractivity contribution in [2.45, 2.75) is 68.4 Å². The van der Waals surface area contributed by atoms with Gasteiger partial charge in [-0.2, -0.15) is 0 Å². The van der Waals surface area contributed by atoms with Gasteiger partial charge in [-0.1, -0.05) is 49.6 Å². The van der Waals surface area contributed by atoms with Crippen LogP contribution in [-0.2, 0) is 11.3 Å². The highest BCUT2D eigenvalue weighted by molar-refractivity contribution is 8.00. The normalized spacial score (nSPS) is 16.5. The molecule has 1 atom stereocenters. The maximum atomic E-state index is 12.6. The third kappa shape index (κ3) is 5.69. The van der Waals surface area contributed by atoms with Gasteiger partial charge < -0.3 is 10.1 Å². The molecule has 27 heavy (non-hydrogen) atoms. The van der Waals surface area contributed by atoms with Crippen molar-refractivity contribution in [2.75, 3.05) is 7.11 Å². The third-order valence-electron chi connectivity index (χ3n) is 4.84. The summed E-state index contributed by atoms with van der Waals surface area (Å²) in [7, 11) is 1.65. The topological polar surface area (TPSA) is 81.9 Å². The number of ether oxygens (including phenoxy) is 1. The van der Waals surface area contributed by atoms with E-state index in [-0.39, 0.29) is 11.2 Å². The number of aromatic nitrogens is 4. The van der Waals surface area contributed by atoms with E-state index in [9.17, 15) is 4.79 Å². The Bertz CT molecular complexity index is 726. The first-order valence-corrected chi connectivity index (χ1v) is 10.4. The third-order valence-corrected chi connectivity index (χ3v) is 5.91. The van der Waals surface area contributed by atoms with Gasteiger partial charge in [-0.05, 0) is 47.9 Å². The summed E-state index contributed by atoms with van der Waals surface area (Å²) in [4.78, 5) is 12.6. The molecule has 0 unspecified atom stereocenters. The summed E-state index contributed by atoms with van der Waals surface area (Å²) >= 11 is 1.40. The predicted octanol–water partition coefficient (Wildman–Crippen LogP) is 3.05. The minimum absolute atomic E-state index is 0.0610. The van der Waals surface area contributed by atoms with Crippen molar-refractivity contribution in [3.05, 3.63) is 29.8 Å². The number of amides is 1. The van der Waals surface area contributed by atoms with Gasteiger partial charge >= 0.3 is 0 Å². The molecule has 1 amide bonds. The molecule has 1 aliphatic rings. The van der Waals surface area contributed by atoms with Crippen molar-refractivity contribution in [1.29, 1.82) is 0 Å². The number of carbonyl (C=O) groups is 1. The highest BCUT2D eigenvalue weighted by Gasteiger charge is 2.22. The molecule has 0 radical (unpaired) electrons. The van der Waals surface area contributed by atoms with Crippen LogP contribution in [0.15, 0.2) is 29.4 Å². The number of thioether (sulfide) groups is 1. The molecule has 1 N–H and O–H groups in total. The largest absolute Gasteiger partial charge is 0.497 e. The van der Waals surface area contributed by atoms with Crippen molar-refractivity contribution in [3.8, 4) is 5.75 Å². The van der Waals surface area contributed by atoms with Gasteiger partial charge in [-0.25, -0.2) is 4.68 Å². The lowest BCUT2D eigenvalue weighted by molar-refractivity contribution is -0.121. The Morgan fingerprint density at radius 1 is 1.26 bits per heavy atom. The molecule has 0 saturated heterocycles. The molecule has 146 valence electrons. The molecule has 1 saturated carbocycles. The van der Waals surface area contributed by atoms with Crippen LogP contribution < -0.4 is 10.1 Å². The fourth-order valence-electron chi connectivity index (χ4n) is 3.24. The molecule has 2 aromatic rings. The number of methoxy groups -OCH3 is 1. The number of carbonyl (C=O) groups excluding carboxylic acids is 1. The monoisotopic (exact) mass is 389 g/mol. The minimum atomic E-state index is -0.242. The smallest absolute Gasteiger partial charge is 0.233 e. The van der Waals surface area contributed by atoms with Crippen LogP contribution in [0.5, 0.6) is 5.75 Å². The molecule has 1 fully saturated rings. The summed E-state index contributed by atoms with van der Waals surface area (Å²) in [5.41, 5.74) is 1.07. The summed E-state index contributed by atoms with van der Waals surface area (Å²) in [5.74, 6) is 0.875. The summed E-state index contributed by atoms with van der Waals surface area (Å²) in [5, 5.41) is 15.5. The highest BCUT2D eigenvalue weighted by Crippen LogP contribution is 2.23. The second kappa shape index (κ2) is 9.73. The Morgan fingerprint density at radius 3 is 2.63 bits per heavy atom. The van der Waals surface area contributed by atoms with Gasteiger partial charge in [0, 0.05) is 6.04 Å². The Hall–Kier alpha value is -2.09. The Labute approximate surface area is 164 Å². The van der Waals surface area contributed by atoms with Crippen LogP contribution in [0.1, 0.15) is 51.0 Å². The van der Waals surface area contributed by atoms with Crippen LogP contribution in [-0.4, -0.2) is 44.5 Å². The van der Waals surface area contributed by atoms with Crippen LogP contribution in [0.4, 0.5) is 0 Å². The molecule has 0 spiro atoms. The lowest BCUT2D eigenvalue weighted by Crippen LogP contribution is -2.39. The van der Waals surface area contributed by atoms with Crippen LogP contribution >= 0.6 is 11.8 Å². The van der Waals surface area contributed by atoms with Crippen molar-refractivity contribution in [2.24, 2.45) is 0 Å². The van der Waals surface area contributed by atoms with Gasteiger partial charge in [0.2, 0.25) is 11.1 Å². The number of benzene rings is 1. The molecule has 3 rings (SSSR count). The Kier molecular flexibility index (Phi) is 7.09. The van der Waals surface area contributed by atoms with E-state index < -0.39 is 0 Å². The van der Waals surface area contributed by atoms with E-state index in [0.29, 0.717) is 17.7 Å². The molecule has 1 aliphatic carbocycles. The van der Waals surface area contributed by atoms with E-state index in [2.05, 4.69) is 20.8 Å². The second-order valence-corrected chi connectivity index (χ2v) is 8.23. The number of rotatable bonds is 7. The molecule has 7 nitrogen and oxygen atoms in total. The average molecular weight is 390 g/mol. The number of nitrogens with zero attached hydrogens (tertiary/aromatic N) is 4. The summed E-state index contributed by atoms with van der Waals surface area (Å²) in [6.45, 7) is 2.46. The predicted molar refractivity (Wildman–Crippen MR) is 105 cm³/mol. The van der Waals surface area contributed by atoms with Crippen molar-refractivity contribution >= 4 is 17.7 Å². The zero-order valence-corrected chi connectivity index (χ0v) is 16.7. The van der Waals surface area contributed by atoms with E-state index in [4.69, 9.17) is 4.74 Å². The van der Waals surface area contributed by atoms with E-state index in [1.54, 1.807) is 11.8 Å². The Balaban J connectivity index is 1.56. The van der Waals surface area contributed by atoms with E-state index in [1.807, 2.05) is 31.2 Å². The molecule has 8 heteroatoms. The standard InChI is InChI=1S/C19H27N5O2S/c1-14(18(25)20-16-7-5-3-4-6-8-16)27-19-21-22-23-24(19)13-15-9-11-17(26-2)12-10-15/h9-12,14,16H,3-8,13H2,1-2H3,(H,20,25)/t14-/m1/s1. The molecule has 0 bridgehead atoms. The summed E-state index contributed by atoms with van der Waals surface area (Å²) in [6.07, 6.45) is 7.11. The van der Waals surface area contributed by atoms with Crippen LogP contribution in [0.25, 0.3) is 0 Å². The number of hydrogen-bond acceptors (Lipinski definition) is 6. The maximum absolute atomic E-state index is 12.6. The lowest BCUT2D eigenvalue weighted by Gasteiger charge is -2.19. The van der Waals surface area contributed by atoms with Gasteiger partial charge in [0.05, 0.1) is 18.9 Å². The summed E-state index contributed by atoms with van der Waals surface area (Å²) < 4.78 is 6.91. The van der Waals surface area contributed by atoms with Gasteiger partial charge in [0.1, 0.15) is 5.75 Å². The van der Waals surface area contributed by atoms with Crippen molar-refractivity contribution in [3.63, 3.8) is 0 Å². The fraction of sp³-hybridized carbons (Fsp3) is 0.579. The fourth-order valence-corrected chi connectivity index (χ4v) is 4.04. The van der Waals surface area contributed by atoms with Crippen molar-refractivity contribution in [1.82, 2.24) is 25.5 Å². The van der Waals surface area contributed by atoms with Crippen LogP contribution in [0.2, 0.25) is 0 Å². The van der Waals surface area contributed by atoms with Gasteiger partial charge in [0.25, 0.3) is 0 Å². The van der Waals surface area contributed by atoms with Gasteiger partial charge in [-0.3, -0.25) is 4.79 Å². The number of hydrogen-bond donors (Lipinski definition) is 1. The summed E-state index contributed by atoms with van der Waals surface area (Å²) in [6, 6.07) is 8.09. The second-order valence-electron chi connectivity index (χ2n) is 6.92. The first-order valence-electron chi connectivity index (χ1n) is 9.52. The molecular weight excluding hydrogens is 362 g/mol. The van der Waals surface area contributed by atoms with Gasteiger partial charge in [-0.15, -0.1) is 5.10 Å². The SMILES string of the molecule is COc1ccc(Cn2nnnc2S[C@H](C)C(=O)NC2CCCCCC2)cc1. The Morgan fingerprint density at radius 2 is 1.96 bits per heavy atom. The van der Waals surface area contributed by atoms with E-state index >= 15 is 0 Å². The van der Waals surface area contributed by atoms with Gasteiger partial charge in [0.15, 0.2) is 0 Å². The number of nitrogens with one attached hydrogen (secondary N) is 1. The molecule has 0 aliphatic heterocycles. The molecule has 1 heterocycles. The zero-order chi connectivity index (χ0) is 19.1. The quantitative estimate of drug-likeness (QED) is 0.579. The first kappa shape index (κ1) is 19.7. The zero-order valence-electron chi connectivity index (χ0n) is 15.9. The van der Waals surface area contributed by atoms with Crippen LogP contribution in [0.3, 0.4) is 0 Å². The minimum Gasteiger partial charge on any atom is -0.497 e. The lowest BCUT2D eigenvalue weighted by atomic mass is 10.1. The number of tetrazole rings is 1. The van der Waals surface area contributed by atoms with E-state index in [1.165, 1.54) is 37.4 Å².